The molecule has 0 saturated heterocycles. The number of benzene rings is 3. The maximum absolute atomic E-state index is 13.5. The Hall–Kier alpha value is -3.52. The highest BCUT2D eigenvalue weighted by molar-refractivity contribution is 7.92. The van der Waals surface area contributed by atoms with Gasteiger partial charge in [0.25, 0.3) is 10.0 Å². The summed E-state index contributed by atoms with van der Waals surface area (Å²) < 4.78 is 38.8. The van der Waals surface area contributed by atoms with E-state index in [2.05, 4.69) is 0 Å². The normalized spacial score (nSPS) is 11.0. The Morgan fingerprint density at radius 3 is 2.03 bits per heavy atom. The molecule has 3 aromatic rings. The van der Waals surface area contributed by atoms with E-state index in [4.69, 9.17) is 9.47 Å². The first kappa shape index (κ1) is 23.1. The van der Waals surface area contributed by atoms with Crippen molar-refractivity contribution in [2.24, 2.45) is 0 Å². The van der Waals surface area contributed by atoms with Gasteiger partial charge in [-0.25, -0.2) is 8.42 Å². The Labute approximate surface area is 188 Å². The molecule has 0 N–H and O–H groups in total. The number of ether oxygens (including phenoxy) is 2. The van der Waals surface area contributed by atoms with Gasteiger partial charge in [0.1, 0.15) is 18.0 Å². The highest BCUT2D eigenvalue weighted by atomic mass is 32.2. The van der Waals surface area contributed by atoms with Crippen LogP contribution in [0, 0.1) is 0 Å². The molecule has 0 spiro atoms. The molecule has 0 unspecified atom stereocenters. The SMILES string of the molecule is COc1ccccc1CN(C)C(=O)CN(c1ccccc1OC)S(=O)(=O)c1ccccc1. The lowest BCUT2D eigenvalue weighted by Crippen LogP contribution is -2.41. The van der Waals surface area contributed by atoms with Gasteiger partial charge in [0, 0.05) is 19.2 Å². The van der Waals surface area contributed by atoms with Crippen molar-refractivity contribution < 1.29 is 22.7 Å². The molecule has 1 amide bonds. The summed E-state index contributed by atoms with van der Waals surface area (Å²) >= 11 is 0. The summed E-state index contributed by atoms with van der Waals surface area (Å²) in [5, 5.41) is 0. The number of carbonyl (C=O) groups excluding carboxylic acids is 1. The fraction of sp³-hybridized carbons (Fsp3) is 0.208. The summed E-state index contributed by atoms with van der Waals surface area (Å²) in [5.41, 5.74) is 1.11. The second kappa shape index (κ2) is 10.2. The Morgan fingerprint density at radius 1 is 0.812 bits per heavy atom. The van der Waals surface area contributed by atoms with Gasteiger partial charge in [-0.15, -0.1) is 0 Å². The summed E-state index contributed by atoms with van der Waals surface area (Å²) in [6.45, 7) is -0.114. The molecule has 168 valence electrons. The number of anilines is 1. The molecule has 3 rings (SSSR count). The van der Waals surface area contributed by atoms with Crippen LogP contribution in [-0.2, 0) is 21.4 Å². The Bertz CT molecular complexity index is 1170. The van der Waals surface area contributed by atoms with Crippen LogP contribution in [0.25, 0.3) is 0 Å². The minimum atomic E-state index is -4.02. The molecule has 0 saturated carbocycles. The van der Waals surface area contributed by atoms with Gasteiger partial charge < -0.3 is 14.4 Å². The van der Waals surface area contributed by atoms with Crippen molar-refractivity contribution >= 4 is 21.6 Å². The van der Waals surface area contributed by atoms with E-state index in [0.29, 0.717) is 11.5 Å². The molecule has 0 aliphatic carbocycles. The average Bonchev–Trinajstić information content (AvgIpc) is 2.83. The zero-order valence-electron chi connectivity index (χ0n) is 18.3. The van der Waals surface area contributed by atoms with E-state index in [9.17, 15) is 13.2 Å². The molecule has 0 bridgehead atoms. The smallest absolute Gasteiger partial charge is 0.264 e. The predicted octanol–water partition coefficient (Wildman–Crippen LogP) is 3.56. The van der Waals surface area contributed by atoms with Crippen LogP contribution in [0.15, 0.2) is 83.8 Å². The molecule has 0 heterocycles. The van der Waals surface area contributed by atoms with E-state index in [0.717, 1.165) is 9.87 Å². The van der Waals surface area contributed by atoms with Crippen molar-refractivity contribution in [1.82, 2.24) is 4.90 Å². The number of para-hydroxylation sites is 3. The van der Waals surface area contributed by atoms with Crippen molar-refractivity contribution in [2.75, 3.05) is 32.1 Å². The standard InChI is InChI=1S/C24H26N2O5S/c1-25(17-19-11-7-9-15-22(19)30-2)24(27)18-26(21-14-8-10-16-23(21)31-3)32(28,29)20-12-5-4-6-13-20/h4-16H,17-18H2,1-3H3. The van der Waals surface area contributed by atoms with E-state index in [1.165, 1.54) is 24.1 Å². The average molecular weight is 455 g/mol. The zero-order chi connectivity index (χ0) is 23.1. The third-order valence-electron chi connectivity index (χ3n) is 4.99. The fourth-order valence-corrected chi connectivity index (χ4v) is 4.72. The number of carbonyl (C=O) groups is 1. The van der Waals surface area contributed by atoms with Gasteiger partial charge in [-0.1, -0.05) is 48.5 Å². The summed E-state index contributed by atoms with van der Waals surface area (Å²) in [6.07, 6.45) is 0. The number of hydrogen-bond acceptors (Lipinski definition) is 5. The van der Waals surface area contributed by atoms with Crippen LogP contribution < -0.4 is 13.8 Å². The van der Waals surface area contributed by atoms with Crippen LogP contribution in [0.1, 0.15) is 5.56 Å². The van der Waals surface area contributed by atoms with E-state index in [-0.39, 0.29) is 29.6 Å². The summed E-state index contributed by atoms with van der Waals surface area (Å²) in [7, 11) is 0.636. The van der Waals surface area contributed by atoms with Crippen LogP contribution >= 0.6 is 0 Å². The van der Waals surface area contributed by atoms with Crippen LogP contribution in [0.4, 0.5) is 5.69 Å². The lowest BCUT2D eigenvalue weighted by Gasteiger charge is -2.28. The number of methoxy groups -OCH3 is 2. The fourth-order valence-electron chi connectivity index (χ4n) is 3.28. The molecule has 0 atom stereocenters. The zero-order valence-corrected chi connectivity index (χ0v) is 19.1. The third-order valence-corrected chi connectivity index (χ3v) is 6.76. The van der Waals surface area contributed by atoms with Gasteiger partial charge in [-0.2, -0.15) is 0 Å². The van der Waals surface area contributed by atoms with Crippen LogP contribution in [0.3, 0.4) is 0 Å². The van der Waals surface area contributed by atoms with E-state index >= 15 is 0 Å². The number of amides is 1. The molecule has 32 heavy (non-hydrogen) atoms. The minimum absolute atomic E-state index is 0.0890. The molecular weight excluding hydrogens is 428 g/mol. The highest BCUT2D eigenvalue weighted by Gasteiger charge is 2.30. The molecule has 0 fully saturated rings. The topological polar surface area (TPSA) is 76.2 Å². The lowest BCUT2D eigenvalue weighted by atomic mass is 10.2. The van der Waals surface area contributed by atoms with Gasteiger partial charge in [-0.05, 0) is 30.3 Å². The molecule has 7 nitrogen and oxygen atoms in total. The Morgan fingerprint density at radius 2 is 1.38 bits per heavy atom. The van der Waals surface area contributed by atoms with Gasteiger partial charge >= 0.3 is 0 Å². The molecule has 8 heteroatoms. The van der Waals surface area contributed by atoms with Gasteiger partial charge in [0.15, 0.2) is 0 Å². The maximum atomic E-state index is 13.5. The number of sulfonamides is 1. The lowest BCUT2D eigenvalue weighted by molar-refractivity contribution is -0.128. The van der Waals surface area contributed by atoms with Gasteiger partial charge in [-0.3, -0.25) is 9.10 Å². The van der Waals surface area contributed by atoms with Crippen LogP contribution in [0.2, 0.25) is 0 Å². The Balaban J connectivity index is 1.94. The van der Waals surface area contributed by atoms with E-state index in [1.807, 2.05) is 24.3 Å². The first-order valence-corrected chi connectivity index (χ1v) is 11.4. The predicted molar refractivity (Wildman–Crippen MR) is 123 cm³/mol. The summed E-state index contributed by atoms with van der Waals surface area (Å²) in [6, 6.07) is 22.1. The molecule has 0 aliphatic rings. The van der Waals surface area contributed by atoms with E-state index < -0.39 is 10.0 Å². The molecule has 0 radical (unpaired) electrons. The molecule has 3 aromatic carbocycles. The van der Waals surface area contributed by atoms with Crippen molar-refractivity contribution in [3.05, 3.63) is 84.4 Å². The number of likely N-dealkylation sites (N-methyl/N-ethyl adjacent to an activating group) is 1. The maximum Gasteiger partial charge on any atom is 0.264 e. The first-order chi connectivity index (χ1) is 15.4. The summed E-state index contributed by atoms with van der Waals surface area (Å²) in [4.78, 5) is 14.7. The quantitative estimate of drug-likeness (QED) is 0.494. The second-order valence-corrected chi connectivity index (χ2v) is 8.92. The molecule has 0 aliphatic heterocycles. The van der Waals surface area contributed by atoms with Crippen LogP contribution in [0.5, 0.6) is 11.5 Å². The van der Waals surface area contributed by atoms with Crippen molar-refractivity contribution in [2.45, 2.75) is 11.4 Å². The first-order valence-electron chi connectivity index (χ1n) is 9.95. The third kappa shape index (κ3) is 5.03. The monoisotopic (exact) mass is 454 g/mol. The van der Waals surface area contributed by atoms with Crippen LogP contribution in [-0.4, -0.2) is 47.0 Å². The minimum Gasteiger partial charge on any atom is -0.496 e. The molecular formula is C24H26N2O5S. The molecule has 0 aromatic heterocycles. The number of nitrogens with zero attached hydrogens (tertiary/aromatic N) is 2. The number of rotatable bonds is 9. The van der Waals surface area contributed by atoms with Gasteiger partial charge in [0.2, 0.25) is 5.91 Å². The second-order valence-electron chi connectivity index (χ2n) is 7.06. The summed E-state index contributed by atoms with van der Waals surface area (Å²) in [5.74, 6) is 0.638. The Kier molecular flexibility index (Phi) is 7.37. The van der Waals surface area contributed by atoms with Crippen molar-refractivity contribution in [3.8, 4) is 11.5 Å². The van der Waals surface area contributed by atoms with Crippen molar-refractivity contribution in [1.29, 1.82) is 0 Å². The van der Waals surface area contributed by atoms with E-state index in [1.54, 1.807) is 56.6 Å². The number of hydrogen-bond donors (Lipinski definition) is 0. The van der Waals surface area contributed by atoms with Gasteiger partial charge in [0.05, 0.1) is 24.8 Å². The largest absolute Gasteiger partial charge is 0.496 e. The highest BCUT2D eigenvalue weighted by Crippen LogP contribution is 2.32. The van der Waals surface area contributed by atoms with Crippen molar-refractivity contribution in [3.63, 3.8) is 0 Å².